The summed E-state index contributed by atoms with van der Waals surface area (Å²) in [6.45, 7) is 0. The molecule has 1 fully saturated rings. The number of carbonyl (C=O) groups is 1. The third kappa shape index (κ3) is 3.26. The van der Waals surface area contributed by atoms with Gasteiger partial charge in [0.05, 0.1) is 19.4 Å². The number of H-pyrrole nitrogens is 1. The maximum absolute atomic E-state index is 11.4. The van der Waals surface area contributed by atoms with Gasteiger partial charge in [0.2, 0.25) is 0 Å². The fraction of sp³-hybridized carbons (Fsp3) is 0.583. The summed E-state index contributed by atoms with van der Waals surface area (Å²) < 4.78 is 4.74. The SMILES string of the molecule is COC(=O)C1CCC(Nc2nc[nH]c(=O)c2Cl)CC1. The van der Waals surface area contributed by atoms with Gasteiger partial charge >= 0.3 is 5.97 Å². The summed E-state index contributed by atoms with van der Waals surface area (Å²) in [4.78, 5) is 29.2. The number of aromatic nitrogens is 2. The quantitative estimate of drug-likeness (QED) is 0.824. The number of hydrogen-bond acceptors (Lipinski definition) is 5. The Bertz CT molecular complexity index is 509. The van der Waals surface area contributed by atoms with Crippen LogP contribution in [0.15, 0.2) is 11.1 Å². The number of nitrogens with zero attached hydrogens (tertiary/aromatic N) is 1. The van der Waals surface area contributed by atoms with Gasteiger partial charge in [-0.3, -0.25) is 9.59 Å². The number of ether oxygens (including phenoxy) is 1. The van der Waals surface area contributed by atoms with Gasteiger partial charge in [-0.15, -0.1) is 0 Å². The van der Waals surface area contributed by atoms with Gasteiger partial charge in [-0.2, -0.15) is 0 Å². The molecule has 0 amide bonds. The molecule has 1 heterocycles. The molecule has 0 bridgehead atoms. The molecule has 0 unspecified atom stereocenters. The normalized spacial score (nSPS) is 22.8. The summed E-state index contributed by atoms with van der Waals surface area (Å²) in [6, 6.07) is 0.174. The number of hydrogen-bond donors (Lipinski definition) is 2. The van der Waals surface area contributed by atoms with Crippen molar-refractivity contribution in [3.8, 4) is 0 Å². The molecule has 0 aliphatic heterocycles. The van der Waals surface area contributed by atoms with E-state index < -0.39 is 0 Å². The van der Waals surface area contributed by atoms with E-state index in [9.17, 15) is 9.59 Å². The number of carbonyl (C=O) groups excluding carboxylic acids is 1. The lowest BCUT2D eigenvalue weighted by molar-refractivity contribution is -0.146. The van der Waals surface area contributed by atoms with E-state index in [4.69, 9.17) is 16.3 Å². The zero-order valence-electron chi connectivity index (χ0n) is 10.6. The van der Waals surface area contributed by atoms with Crippen molar-refractivity contribution in [2.24, 2.45) is 5.92 Å². The van der Waals surface area contributed by atoms with Crippen molar-refractivity contribution in [2.75, 3.05) is 12.4 Å². The number of methoxy groups -OCH3 is 1. The number of rotatable bonds is 3. The van der Waals surface area contributed by atoms with Crippen LogP contribution in [0.3, 0.4) is 0 Å². The summed E-state index contributed by atoms with van der Waals surface area (Å²) in [7, 11) is 1.41. The van der Waals surface area contributed by atoms with Gasteiger partial charge in [-0.25, -0.2) is 4.98 Å². The molecule has 0 radical (unpaired) electrons. The van der Waals surface area contributed by atoms with Crippen LogP contribution in [0.4, 0.5) is 5.82 Å². The Morgan fingerprint density at radius 2 is 2.16 bits per heavy atom. The molecule has 7 heteroatoms. The first-order valence-electron chi connectivity index (χ1n) is 6.19. The Labute approximate surface area is 115 Å². The van der Waals surface area contributed by atoms with Crippen molar-refractivity contribution in [3.05, 3.63) is 21.7 Å². The molecule has 1 saturated carbocycles. The van der Waals surface area contributed by atoms with Crippen molar-refractivity contribution in [1.82, 2.24) is 9.97 Å². The van der Waals surface area contributed by atoms with E-state index >= 15 is 0 Å². The van der Waals surface area contributed by atoms with E-state index in [0.717, 1.165) is 25.7 Å². The molecule has 1 aliphatic carbocycles. The van der Waals surface area contributed by atoms with Crippen LogP contribution in [0.2, 0.25) is 5.02 Å². The number of halogens is 1. The van der Waals surface area contributed by atoms with Gasteiger partial charge in [0.1, 0.15) is 5.02 Å². The molecule has 6 nitrogen and oxygen atoms in total. The zero-order chi connectivity index (χ0) is 13.8. The Morgan fingerprint density at radius 3 is 2.79 bits per heavy atom. The van der Waals surface area contributed by atoms with E-state index in [1.807, 2.05) is 0 Å². The van der Waals surface area contributed by atoms with Gasteiger partial charge in [-0.05, 0) is 25.7 Å². The van der Waals surface area contributed by atoms with Crippen LogP contribution in [0.1, 0.15) is 25.7 Å². The molecule has 1 aliphatic rings. The lowest BCUT2D eigenvalue weighted by Crippen LogP contribution is -2.30. The minimum atomic E-state index is -0.359. The molecule has 2 rings (SSSR count). The first-order valence-corrected chi connectivity index (χ1v) is 6.57. The van der Waals surface area contributed by atoms with Crippen molar-refractivity contribution in [1.29, 1.82) is 0 Å². The minimum Gasteiger partial charge on any atom is -0.469 e. The fourth-order valence-corrected chi connectivity index (χ4v) is 2.48. The van der Waals surface area contributed by atoms with Gasteiger partial charge in [0.25, 0.3) is 5.56 Å². The second-order valence-electron chi connectivity index (χ2n) is 4.61. The summed E-state index contributed by atoms with van der Waals surface area (Å²) in [5, 5.41) is 3.22. The fourth-order valence-electron chi connectivity index (χ4n) is 2.32. The van der Waals surface area contributed by atoms with Gasteiger partial charge in [0, 0.05) is 6.04 Å². The molecule has 0 saturated heterocycles. The summed E-state index contributed by atoms with van der Waals surface area (Å²) in [5.74, 6) is 0.225. The Kier molecular flexibility index (Phi) is 4.42. The third-order valence-electron chi connectivity index (χ3n) is 3.40. The van der Waals surface area contributed by atoms with E-state index in [0.29, 0.717) is 5.82 Å². The number of anilines is 1. The molecule has 0 spiro atoms. The molecule has 104 valence electrons. The smallest absolute Gasteiger partial charge is 0.308 e. The predicted octanol–water partition coefficient (Wildman–Crippen LogP) is 1.57. The molecule has 0 aromatic carbocycles. The van der Waals surface area contributed by atoms with Crippen LogP contribution in [0.25, 0.3) is 0 Å². The zero-order valence-corrected chi connectivity index (χ0v) is 11.4. The maximum atomic E-state index is 11.4. The Hall–Kier alpha value is -1.56. The van der Waals surface area contributed by atoms with Gasteiger partial charge in [0.15, 0.2) is 5.82 Å². The molecule has 2 N–H and O–H groups in total. The van der Waals surface area contributed by atoms with E-state index in [2.05, 4.69) is 15.3 Å². The first-order chi connectivity index (χ1) is 9.11. The van der Waals surface area contributed by atoms with Crippen LogP contribution >= 0.6 is 11.6 Å². The highest BCUT2D eigenvalue weighted by Crippen LogP contribution is 2.27. The third-order valence-corrected chi connectivity index (χ3v) is 3.75. The standard InChI is InChI=1S/C12H16ClN3O3/c1-19-12(18)7-2-4-8(5-3-7)16-10-9(13)11(17)15-6-14-10/h6-8H,2-5H2,1H3,(H2,14,15,16,17). The van der Waals surface area contributed by atoms with Crippen LogP contribution in [0.5, 0.6) is 0 Å². The highest BCUT2D eigenvalue weighted by Gasteiger charge is 2.27. The Morgan fingerprint density at radius 1 is 1.47 bits per heavy atom. The number of nitrogens with one attached hydrogen (secondary N) is 2. The van der Waals surface area contributed by atoms with Crippen LogP contribution in [0, 0.1) is 5.92 Å². The molecule has 0 atom stereocenters. The highest BCUT2D eigenvalue weighted by atomic mass is 35.5. The second-order valence-corrected chi connectivity index (χ2v) is 4.99. The lowest BCUT2D eigenvalue weighted by atomic mass is 9.86. The lowest BCUT2D eigenvalue weighted by Gasteiger charge is -2.27. The van der Waals surface area contributed by atoms with E-state index in [1.54, 1.807) is 0 Å². The average Bonchev–Trinajstić information content (AvgIpc) is 2.44. The second kappa shape index (κ2) is 6.06. The van der Waals surface area contributed by atoms with Crippen LogP contribution in [-0.4, -0.2) is 29.1 Å². The van der Waals surface area contributed by atoms with Crippen molar-refractivity contribution in [3.63, 3.8) is 0 Å². The molecule has 1 aromatic rings. The summed E-state index contributed by atoms with van der Waals surface area (Å²) >= 11 is 5.87. The predicted molar refractivity (Wildman–Crippen MR) is 71.3 cm³/mol. The molecular formula is C12H16ClN3O3. The first kappa shape index (κ1) is 13.9. The summed E-state index contributed by atoms with van der Waals surface area (Å²) in [5.41, 5.74) is -0.359. The van der Waals surface area contributed by atoms with Crippen molar-refractivity contribution in [2.45, 2.75) is 31.7 Å². The largest absolute Gasteiger partial charge is 0.469 e. The van der Waals surface area contributed by atoms with Crippen LogP contribution < -0.4 is 10.9 Å². The van der Waals surface area contributed by atoms with Gasteiger partial charge < -0.3 is 15.0 Å². The molecule has 1 aromatic heterocycles. The summed E-state index contributed by atoms with van der Waals surface area (Å²) in [6.07, 6.45) is 4.50. The molecule has 19 heavy (non-hydrogen) atoms. The minimum absolute atomic E-state index is 0.0225. The molecular weight excluding hydrogens is 270 g/mol. The number of aromatic amines is 1. The van der Waals surface area contributed by atoms with Crippen molar-refractivity contribution >= 4 is 23.4 Å². The average molecular weight is 286 g/mol. The number of esters is 1. The maximum Gasteiger partial charge on any atom is 0.308 e. The Balaban J connectivity index is 1.94. The van der Waals surface area contributed by atoms with E-state index in [1.165, 1.54) is 13.4 Å². The monoisotopic (exact) mass is 285 g/mol. The van der Waals surface area contributed by atoms with E-state index in [-0.39, 0.29) is 28.5 Å². The van der Waals surface area contributed by atoms with Gasteiger partial charge in [-0.1, -0.05) is 11.6 Å². The highest BCUT2D eigenvalue weighted by molar-refractivity contribution is 6.32. The van der Waals surface area contributed by atoms with Crippen LogP contribution in [-0.2, 0) is 9.53 Å². The topological polar surface area (TPSA) is 84.1 Å². The van der Waals surface area contributed by atoms with Crippen molar-refractivity contribution < 1.29 is 9.53 Å².